The summed E-state index contributed by atoms with van der Waals surface area (Å²) in [4.78, 5) is 15.7. The largest absolute Gasteiger partial charge is 0.351 e. The fourth-order valence-corrected chi connectivity index (χ4v) is 2.61. The molecular formula is C16H12F2N2OS. The molecule has 22 heavy (non-hydrogen) atoms. The highest BCUT2D eigenvalue weighted by Gasteiger charge is 2.10. The molecule has 3 nitrogen and oxygen atoms in total. The minimum absolute atomic E-state index is 0.273. The summed E-state index contributed by atoms with van der Waals surface area (Å²) < 4.78 is 24.5. The zero-order valence-corrected chi connectivity index (χ0v) is 12.2. The molecule has 0 radical (unpaired) electrons. The number of nitrogens with one attached hydrogen (secondary N) is 2. The molecule has 6 heteroatoms. The Kier molecular flexibility index (Phi) is 4.11. The first-order valence-corrected chi connectivity index (χ1v) is 7.44. The second-order valence-corrected chi connectivity index (χ2v) is 5.69. The molecule has 2 N–H and O–H groups in total. The van der Waals surface area contributed by atoms with Gasteiger partial charge in [0.1, 0.15) is 5.69 Å². The summed E-state index contributed by atoms with van der Waals surface area (Å²) in [5.74, 6) is -2.72. The number of hydrogen-bond acceptors (Lipinski definition) is 2. The van der Waals surface area contributed by atoms with E-state index in [2.05, 4.69) is 10.3 Å². The number of aromatic nitrogens is 1. The Labute approximate surface area is 129 Å². The van der Waals surface area contributed by atoms with Gasteiger partial charge in [-0.2, -0.15) is 8.78 Å². The number of H-pyrrole nitrogens is 1. The van der Waals surface area contributed by atoms with E-state index in [-0.39, 0.29) is 5.91 Å². The van der Waals surface area contributed by atoms with Crippen molar-refractivity contribution in [1.29, 1.82) is 0 Å². The lowest BCUT2D eigenvalue weighted by Crippen LogP contribution is -2.12. The Balaban J connectivity index is 1.73. The van der Waals surface area contributed by atoms with Crippen molar-refractivity contribution in [3.8, 4) is 0 Å². The number of para-hydroxylation sites is 1. The topological polar surface area (TPSA) is 44.9 Å². The molecule has 0 spiro atoms. The summed E-state index contributed by atoms with van der Waals surface area (Å²) in [6.07, 6.45) is 0. The van der Waals surface area contributed by atoms with Crippen LogP contribution in [0.5, 0.6) is 0 Å². The van der Waals surface area contributed by atoms with Crippen molar-refractivity contribution in [1.82, 2.24) is 4.98 Å². The first-order valence-electron chi connectivity index (χ1n) is 6.56. The van der Waals surface area contributed by atoms with Gasteiger partial charge in [-0.05, 0) is 36.4 Å². The number of anilines is 1. The smallest absolute Gasteiger partial charge is 0.288 e. The second-order valence-electron chi connectivity index (χ2n) is 4.63. The van der Waals surface area contributed by atoms with Crippen molar-refractivity contribution in [3.05, 3.63) is 60.3 Å². The van der Waals surface area contributed by atoms with Crippen LogP contribution in [0.1, 0.15) is 10.5 Å². The summed E-state index contributed by atoms with van der Waals surface area (Å²) in [5, 5.41) is 3.69. The van der Waals surface area contributed by atoms with E-state index in [9.17, 15) is 13.6 Å². The van der Waals surface area contributed by atoms with E-state index in [1.165, 1.54) is 0 Å². The lowest BCUT2D eigenvalue weighted by Gasteiger charge is -2.05. The first-order chi connectivity index (χ1) is 10.6. The molecule has 0 aliphatic heterocycles. The van der Waals surface area contributed by atoms with Gasteiger partial charge in [0.25, 0.3) is 11.7 Å². The van der Waals surface area contributed by atoms with Gasteiger partial charge >= 0.3 is 0 Å². The number of rotatable bonds is 4. The van der Waals surface area contributed by atoms with E-state index >= 15 is 0 Å². The summed E-state index contributed by atoms with van der Waals surface area (Å²) in [5.41, 5.74) is 1.89. The van der Waals surface area contributed by atoms with Gasteiger partial charge in [-0.25, -0.2) is 0 Å². The number of fused-ring (bicyclic) bond motifs is 1. The fourth-order valence-electron chi connectivity index (χ4n) is 2.11. The van der Waals surface area contributed by atoms with E-state index < -0.39 is 5.76 Å². The molecule has 0 aliphatic rings. The molecule has 112 valence electrons. The van der Waals surface area contributed by atoms with Crippen molar-refractivity contribution < 1.29 is 13.6 Å². The highest BCUT2D eigenvalue weighted by Crippen LogP contribution is 2.26. The molecule has 0 saturated carbocycles. The zero-order valence-electron chi connectivity index (χ0n) is 11.3. The number of carbonyl (C=O) groups excluding carboxylic acids is 1. The minimum Gasteiger partial charge on any atom is -0.351 e. The summed E-state index contributed by atoms with van der Waals surface area (Å²) in [7, 11) is 0. The molecule has 3 rings (SSSR count). The SMILES string of the molecule is O=C(Nc1ccc(SC(F)F)cc1)c1cc2ccccc2[nH]1. The third-order valence-electron chi connectivity index (χ3n) is 3.11. The standard InChI is InChI=1S/C16H12F2N2OS/c17-16(18)22-12-7-5-11(6-8-12)19-15(21)14-9-10-3-1-2-4-13(10)20-14/h1-9,16,20H,(H,19,21). The predicted octanol–water partition coefficient (Wildman–Crippen LogP) is 4.73. The van der Waals surface area contributed by atoms with Gasteiger partial charge < -0.3 is 10.3 Å². The molecule has 0 aliphatic carbocycles. The van der Waals surface area contributed by atoms with Crippen LogP contribution in [0.2, 0.25) is 0 Å². The van der Waals surface area contributed by atoms with Gasteiger partial charge in [-0.1, -0.05) is 30.0 Å². The van der Waals surface area contributed by atoms with Crippen molar-refractivity contribution >= 4 is 34.3 Å². The molecule has 2 aromatic carbocycles. The van der Waals surface area contributed by atoms with Crippen LogP contribution < -0.4 is 5.32 Å². The molecule has 0 unspecified atom stereocenters. The maximum Gasteiger partial charge on any atom is 0.288 e. The van der Waals surface area contributed by atoms with Crippen LogP contribution in [0.25, 0.3) is 10.9 Å². The average Bonchev–Trinajstić information content (AvgIpc) is 2.93. The van der Waals surface area contributed by atoms with Crippen LogP contribution >= 0.6 is 11.8 Å². The normalized spacial score (nSPS) is 11.0. The number of amides is 1. The molecule has 0 atom stereocenters. The maximum atomic E-state index is 12.2. The number of thioether (sulfide) groups is 1. The van der Waals surface area contributed by atoms with Gasteiger partial charge in [-0.15, -0.1) is 0 Å². The van der Waals surface area contributed by atoms with Crippen LogP contribution in [-0.4, -0.2) is 16.6 Å². The van der Waals surface area contributed by atoms with Gasteiger partial charge in [0.15, 0.2) is 0 Å². The fraction of sp³-hybridized carbons (Fsp3) is 0.0625. The van der Waals surface area contributed by atoms with Crippen LogP contribution in [0.4, 0.5) is 14.5 Å². The highest BCUT2D eigenvalue weighted by molar-refractivity contribution is 7.99. The Hall–Kier alpha value is -2.34. The highest BCUT2D eigenvalue weighted by atomic mass is 32.2. The summed E-state index contributed by atoms with van der Waals surface area (Å²) in [6.45, 7) is 0. The lowest BCUT2D eigenvalue weighted by atomic mass is 10.2. The molecule has 3 aromatic rings. The van der Waals surface area contributed by atoms with Gasteiger partial charge in [-0.3, -0.25) is 4.79 Å². The second kappa shape index (κ2) is 6.19. The Morgan fingerprint density at radius 1 is 1.09 bits per heavy atom. The predicted molar refractivity (Wildman–Crippen MR) is 84.6 cm³/mol. The monoisotopic (exact) mass is 318 g/mol. The minimum atomic E-state index is -2.45. The summed E-state index contributed by atoms with van der Waals surface area (Å²) in [6, 6.07) is 15.7. The lowest BCUT2D eigenvalue weighted by molar-refractivity contribution is 0.102. The molecule has 1 amide bonds. The van der Waals surface area contributed by atoms with Gasteiger partial charge in [0, 0.05) is 21.5 Å². The van der Waals surface area contributed by atoms with E-state index in [1.807, 2.05) is 24.3 Å². The molecule has 0 fully saturated rings. The third kappa shape index (κ3) is 3.28. The number of halogens is 2. The van der Waals surface area contributed by atoms with E-state index in [0.717, 1.165) is 10.9 Å². The maximum absolute atomic E-state index is 12.2. The van der Waals surface area contributed by atoms with E-state index in [0.29, 0.717) is 28.0 Å². The van der Waals surface area contributed by atoms with Crippen molar-refractivity contribution in [3.63, 3.8) is 0 Å². The Morgan fingerprint density at radius 3 is 2.50 bits per heavy atom. The van der Waals surface area contributed by atoms with Crippen LogP contribution in [0, 0.1) is 0 Å². The molecule has 0 saturated heterocycles. The van der Waals surface area contributed by atoms with Crippen LogP contribution in [-0.2, 0) is 0 Å². The summed E-state index contributed by atoms with van der Waals surface area (Å²) >= 11 is 0.473. The van der Waals surface area contributed by atoms with Crippen molar-refractivity contribution in [2.24, 2.45) is 0 Å². The number of hydrogen-bond donors (Lipinski definition) is 2. The van der Waals surface area contributed by atoms with Gasteiger partial charge in [0.05, 0.1) is 0 Å². The first kappa shape index (κ1) is 14.6. The quantitative estimate of drug-likeness (QED) is 0.683. The zero-order chi connectivity index (χ0) is 15.5. The van der Waals surface area contributed by atoms with Crippen molar-refractivity contribution in [2.45, 2.75) is 10.7 Å². The molecular weight excluding hydrogens is 306 g/mol. The number of carbonyl (C=O) groups is 1. The Bertz CT molecular complexity index is 766. The molecule has 1 heterocycles. The van der Waals surface area contributed by atoms with Crippen molar-refractivity contribution in [2.75, 3.05) is 5.32 Å². The number of alkyl halides is 2. The van der Waals surface area contributed by atoms with E-state index in [4.69, 9.17) is 0 Å². The Morgan fingerprint density at radius 2 is 1.82 bits per heavy atom. The molecule has 1 aromatic heterocycles. The van der Waals surface area contributed by atoms with Gasteiger partial charge in [0.2, 0.25) is 0 Å². The average molecular weight is 318 g/mol. The molecule has 0 bridgehead atoms. The number of benzene rings is 2. The van der Waals surface area contributed by atoms with Crippen LogP contribution in [0.15, 0.2) is 59.5 Å². The van der Waals surface area contributed by atoms with E-state index in [1.54, 1.807) is 30.3 Å². The third-order valence-corrected chi connectivity index (χ3v) is 3.83. The van der Waals surface area contributed by atoms with Crippen LogP contribution in [0.3, 0.4) is 0 Å². The number of aromatic amines is 1.